The molecule has 2 N–H and O–H groups in total. The number of carbonyl (C=O) groups excluding carboxylic acids is 1. The molecular formula is C14H16O5. The van der Waals surface area contributed by atoms with E-state index in [0.717, 1.165) is 6.08 Å². The minimum atomic E-state index is -0.914. The number of hydrogen-bond donors (Lipinski definition) is 2. The van der Waals surface area contributed by atoms with Crippen LogP contribution in [0.1, 0.15) is 17.3 Å². The summed E-state index contributed by atoms with van der Waals surface area (Å²) in [7, 11) is 1.31. The van der Waals surface area contributed by atoms with E-state index in [1.807, 2.05) is 6.92 Å². The number of esters is 1. The molecule has 0 aliphatic carbocycles. The summed E-state index contributed by atoms with van der Waals surface area (Å²) in [6, 6.07) is 5.88. The van der Waals surface area contributed by atoms with Gasteiger partial charge in [-0.05, 0) is 31.2 Å². The van der Waals surface area contributed by atoms with Crippen molar-refractivity contribution in [2.75, 3.05) is 7.11 Å². The SMILES string of the molecule is CC=CC=CC(=O)O.COC(=O)c1ccc(O)cc1. The molecule has 0 saturated heterocycles. The fourth-order valence-corrected chi connectivity index (χ4v) is 0.964. The molecule has 1 aromatic carbocycles. The van der Waals surface area contributed by atoms with Crippen LogP contribution in [0.2, 0.25) is 0 Å². The maximum Gasteiger partial charge on any atom is 0.337 e. The van der Waals surface area contributed by atoms with Gasteiger partial charge in [-0.25, -0.2) is 9.59 Å². The molecule has 5 heteroatoms. The highest BCUT2D eigenvalue weighted by Crippen LogP contribution is 2.09. The van der Waals surface area contributed by atoms with E-state index in [0.29, 0.717) is 5.56 Å². The van der Waals surface area contributed by atoms with Crippen LogP contribution in [0.4, 0.5) is 0 Å². The molecule has 0 aromatic heterocycles. The number of carbonyl (C=O) groups is 2. The molecule has 1 aromatic rings. The number of carboxylic acid groups (broad SMARTS) is 1. The third kappa shape index (κ3) is 8.20. The second-order valence-electron chi connectivity index (χ2n) is 3.26. The molecule has 5 nitrogen and oxygen atoms in total. The number of ether oxygens (including phenoxy) is 1. The summed E-state index contributed by atoms with van der Waals surface area (Å²) in [6.45, 7) is 1.83. The van der Waals surface area contributed by atoms with E-state index in [1.54, 1.807) is 12.2 Å². The van der Waals surface area contributed by atoms with E-state index in [-0.39, 0.29) is 5.75 Å². The molecule has 0 radical (unpaired) electrons. The fourth-order valence-electron chi connectivity index (χ4n) is 0.964. The van der Waals surface area contributed by atoms with E-state index in [9.17, 15) is 9.59 Å². The van der Waals surface area contributed by atoms with Gasteiger partial charge >= 0.3 is 11.9 Å². The first-order chi connectivity index (χ1) is 9.01. The van der Waals surface area contributed by atoms with Crippen LogP contribution in [0, 0.1) is 0 Å². The molecule has 0 atom stereocenters. The number of aromatic hydroxyl groups is 1. The van der Waals surface area contributed by atoms with Gasteiger partial charge in [-0.1, -0.05) is 18.2 Å². The van der Waals surface area contributed by atoms with Gasteiger partial charge in [0.25, 0.3) is 0 Å². The topological polar surface area (TPSA) is 83.8 Å². The minimum absolute atomic E-state index is 0.137. The van der Waals surface area contributed by atoms with Gasteiger partial charge in [0.05, 0.1) is 12.7 Å². The molecular weight excluding hydrogens is 248 g/mol. The van der Waals surface area contributed by atoms with Crippen molar-refractivity contribution in [1.82, 2.24) is 0 Å². The zero-order chi connectivity index (χ0) is 14.7. The van der Waals surface area contributed by atoms with Gasteiger partial charge in [0.15, 0.2) is 0 Å². The van der Waals surface area contributed by atoms with Gasteiger partial charge in [0, 0.05) is 6.08 Å². The largest absolute Gasteiger partial charge is 0.508 e. The number of phenols is 1. The Morgan fingerprint density at radius 3 is 2.16 bits per heavy atom. The van der Waals surface area contributed by atoms with Gasteiger partial charge in [-0.3, -0.25) is 0 Å². The average Bonchev–Trinajstić information content (AvgIpc) is 2.39. The molecule has 0 saturated carbocycles. The van der Waals surface area contributed by atoms with Crippen molar-refractivity contribution in [3.63, 3.8) is 0 Å². The Bertz CT molecular complexity index is 457. The smallest absolute Gasteiger partial charge is 0.337 e. The molecule has 0 amide bonds. The number of allylic oxidation sites excluding steroid dienone is 3. The number of hydrogen-bond acceptors (Lipinski definition) is 4. The predicted molar refractivity (Wildman–Crippen MR) is 71.0 cm³/mol. The molecule has 0 bridgehead atoms. The standard InChI is InChI=1S/C8H8O3.C6H8O2/c1-11-8(10)6-2-4-7(9)5-3-6;1-2-3-4-5-6(7)8/h2-5,9H,1H3;2-5H,1H3,(H,7,8). The van der Waals surface area contributed by atoms with Crippen molar-refractivity contribution < 1.29 is 24.5 Å². The lowest BCUT2D eigenvalue weighted by Crippen LogP contribution is -1.99. The van der Waals surface area contributed by atoms with Crippen LogP contribution in [-0.4, -0.2) is 29.3 Å². The van der Waals surface area contributed by atoms with Crippen molar-refractivity contribution in [2.24, 2.45) is 0 Å². The quantitative estimate of drug-likeness (QED) is 0.497. The number of rotatable bonds is 3. The zero-order valence-electron chi connectivity index (χ0n) is 10.7. The lowest BCUT2D eigenvalue weighted by molar-refractivity contribution is -0.131. The molecule has 0 spiro atoms. The first-order valence-corrected chi connectivity index (χ1v) is 5.41. The Balaban J connectivity index is 0.000000362. The highest BCUT2D eigenvalue weighted by Gasteiger charge is 2.02. The van der Waals surface area contributed by atoms with Crippen LogP contribution in [0.5, 0.6) is 5.75 Å². The molecule has 1 rings (SSSR count). The minimum Gasteiger partial charge on any atom is -0.508 e. The maximum atomic E-state index is 10.8. The second-order valence-corrected chi connectivity index (χ2v) is 3.26. The van der Waals surface area contributed by atoms with Crippen molar-refractivity contribution in [3.05, 3.63) is 54.1 Å². The number of carboxylic acids is 1. The van der Waals surface area contributed by atoms with Crippen LogP contribution in [0.15, 0.2) is 48.6 Å². The van der Waals surface area contributed by atoms with Gasteiger partial charge in [-0.2, -0.15) is 0 Å². The maximum absolute atomic E-state index is 10.8. The van der Waals surface area contributed by atoms with Crippen LogP contribution in [-0.2, 0) is 9.53 Å². The van der Waals surface area contributed by atoms with Gasteiger partial charge in [0.1, 0.15) is 5.75 Å². The first kappa shape index (κ1) is 16.4. The summed E-state index contributed by atoms with van der Waals surface area (Å²) in [5.74, 6) is -1.18. The summed E-state index contributed by atoms with van der Waals surface area (Å²) >= 11 is 0. The molecule has 0 aliphatic heterocycles. The average molecular weight is 264 g/mol. The summed E-state index contributed by atoms with van der Waals surface area (Å²) in [4.78, 5) is 20.6. The van der Waals surface area contributed by atoms with Crippen molar-refractivity contribution in [2.45, 2.75) is 6.92 Å². The Morgan fingerprint density at radius 1 is 1.16 bits per heavy atom. The Morgan fingerprint density at radius 2 is 1.74 bits per heavy atom. The highest BCUT2D eigenvalue weighted by molar-refractivity contribution is 5.89. The van der Waals surface area contributed by atoms with Crippen LogP contribution in [0.3, 0.4) is 0 Å². The van der Waals surface area contributed by atoms with Crippen molar-refractivity contribution in [3.8, 4) is 5.75 Å². The van der Waals surface area contributed by atoms with E-state index < -0.39 is 11.9 Å². The van der Waals surface area contributed by atoms with Gasteiger partial charge in [-0.15, -0.1) is 0 Å². The summed E-state index contributed by atoms with van der Waals surface area (Å²) < 4.78 is 4.46. The summed E-state index contributed by atoms with van der Waals surface area (Å²) in [5.41, 5.74) is 0.435. The second kappa shape index (κ2) is 9.47. The number of methoxy groups -OCH3 is 1. The molecule has 0 heterocycles. The van der Waals surface area contributed by atoms with E-state index >= 15 is 0 Å². The Labute approximate surface area is 111 Å². The van der Waals surface area contributed by atoms with Crippen LogP contribution >= 0.6 is 0 Å². The molecule has 0 unspecified atom stereocenters. The molecule has 102 valence electrons. The Hall–Kier alpha value is -2.56. The first-order valence-electron chi connectivity index (χ1n) is 5.41. The molecule has 0 fully saturated rings. The monoisotopic (exact) mass is 264 g/mol. The van der Waals surface area contributed by atoms with Crippen LogP contribution < -0.4 is 0 Å². The van der Waals surface area contributed by atoms with Crippen molar-refractivity contribution in [1.29, 1.82) is 0 Å². The zero-order valence-corrected chi connectivity index (χ0v) is 10.7. The van der Waals surface area contributed by atoms with Gasteiger partial charge < -0.3 is 14.9 Å². The van der Waals surface area contributed by atoms with E-state index in [2.05, 4.69) is 4.74 Å². The third-order valence-electron chi connectivity index (χ3n) is 1.83. The fraction of sp³-hybridized carbons (Fsp3) is 0.143. The van der Waals surface area contributed by atoms with E-state index in [1.165, 1.54) is 37.5 Å². The number of benzene rings is 1. The van der Waals surface area contributed by atoms with Gasteiger partial charge in [0.2, 0.25) is 0 Å². The molecule has 0 aliphatic rings. The third-order valence-corrected chi connectivity index (χ3v) is 1.83. The van der Waals surface area contributed by atoms with Crippen molar-refractivity contribution >= 4 is 11.9 Å². The lowest BCUT2D eigenvalue weighted by Gasteiger charge is -1.97. The number of aliphatic carboxylic acids is 1. The molecule has 19 heavy (non-hydrogen) atoms. The Kier molecular flexibility index (Phi) is 8.19. The summed E-state index contributed by atoms with van der Waals surface area (Å²) in [5, 5.41) is 16.9. The highest BCUT2D eigenvalue weighted by atomic mass is 16.5. The van der Waals surface area contributed by atoms with E-state index in [4.69, 9.17) is 10.2 Å². The predicted octanol–water partition coefficient (Wildman–Crippen LogP) is 2.38. The normalized spacial score (nSPS) is 10.0. The summed E-state index contributed by atoms with van der Waals surface area (Å²) in [6.07, 6.45) is 5.98. The lowest BCUT2D eigenvalue weighted by atomic mass is 10.2. The van der Waals surface area contributed by atoms with Crippen LogP contribution in [0.25, 0.3) is 0 Å². The number of phenolic OH excluding ortho intramolecular Hbond substituents is 1.